The number of benzene rings is 2. The van der Waals surface area contributed by atoms with Crippen molar-refractivity contribution in [3.05, 3.63) is 60.2 Å². The van der Waals surface area contributed by atoms with Gasteiger partial charge in [0.1, 0.15) is 0 Å². The SMILES string of the molecule is O=C(NCCN1C(=O)CCC1=O)c1cccc(-c2ccccc2)c1. The van der Waals surface area contributed by atoms with Crippen LogP contribution < -0.4 is 5.32 Å². The van der Waals surface area contributed by atoms with E-state index in [-0.39, 0.29) is 43.7 Å². The number of carbonyl (C=O) groups excluding carboxylic acids is 3. The van der Waals surface area contributed by atoms with Crippen molar-refractivity contribution in [2.45, 2.75) is 12.8 Å². The Morgan fingerprint density at radius 3 is 2.29 bits per heavy atom. The minimum absolute atomic E-state index is 0.166. The Morgan fingerprint density at radius 1 is 0.917 bits per heavy atom. The van der Waals surface area contributed by atoms with Crippen LogP contribution in [0, 0.1) is 0 Å². The summed E-state index contributed by atoms with van der Waals surface area (Å²) < 4.78 is 0. The van der Waals surface area contributed by atoms with E-state index < -0.39 is 0 Å². The van der Waals surface area contributed by atoms with Gasteiger partial charge >= 0.3 is 0 Å². The number of nitrogens with one attached hydrogen (secondary N) is 1. The number of rotatable bonds is 5. The second kappa shape index (κ2) is 7.08. The third-order valence-electron chi connectivity index (χ3n) is 4.01. The van der Waals surface area contributed by atoms with Crippen LogP contribution in [0.15, 0.2) is 54.6 Å². The van der Waals surface area contributed by atoms with Crippen LogP contribution in [0.2, 0.25) is 0 Å². The molecule has 0 atom stereocenters. The van der Waals surface area contributed by atoms with E-state index in [2.05, 4.69) is 5.32 Å². The summed E-state index contributed by atoms with van der Waals surface area (Å²) in [4.78, 5) is 36.5. The largest absolute Gasteiger partial charge is 0.350 e. The van der Waals surface area contributed by atoms with Crippen molar-refractivity contribution in [1.82, 2.24) is 10.2 Å². The summed E-state index contributed by atoms with van der Waals surface area (Å²) in [5.41, 5.74) is 2.56. The fourth-order valence-corrected chi connectivity index (χ4v) is 2.73. The predicted molar refractivity (Wildman–Crippen MR) is 90.2 cm³/mol. The van der Waals surface area contributed by atoms with Crippen molar-refractivity contribution >= 4 is 17.7 Å². The van der Waals surface area contributed by atoms with Crippen molar-refractivity contribution in [1.29, 1.82) is 0 Å². The van der Waals surface area contributed by atoms with Gasteiger partial charge in [-0.2, -0.15) is 0 Å². The lowest BCUT2D eigenvalue weighted by Crippen LogP contribution is -2.37. The van der Waals surface area contributed by atoms with Crippen LogP contribution in [-0.4, -0.2) is 35.7 Å². The molecule has 0 radical (unpaired) electrons. The highest BCUT2D eigenvalue weighted by Gasteiger charge is 2.28. The highest BCUT2D eigenvalue weighted by Crippen LogP contribution is 2.20. The van der Waals surface area contributed by atoms with Gasteiger partial charge in [-0.15, -0.1) is 0 Å². The quantitative estimate of drug-likeness (QED) is 0.859. The second-order valence-electron chi connectivity index (χ2n) is 5.64. The molecular formula is C19H18N2O3. The van der Waals surface area contributed by atoms with Gasteiger partial charge in [0.05, 0.1) is 0 Å². The first-order valence-electron chi connectivity index (χ1n) is 7.92. The van der Waals surface area contributed by atoms with Crippen molar-refractivity contribution in [2.24, 2.45) is 0 Å². The molecule has 1 N–H and O–H groups in total. The minimum Gasteiger partial charge on any atom is -0.350 e. The summed E-state index contributed by atoms with van der Waals surface area (Å²) in [5.74, 6) is -0.549. The number of hydrogen-bond donors (Lipinski definition) is 1. The molecule has 1 aliphatic rings. The molecule has 5 heteroatoms. The fraction of sp³-hybridized carbons (Fsp3) is 0.211. The summed E-state index contributed by atoms with van der Waals surface area (Å²) in [6.45, 7) is 0.480. The molecule has 0 bridgehead atoms. The van der Waals surface area contributed by atoms with Crippen molar-refractivity contribution < 1.29 is 14.4 Å². The van der Waals surface area contributed by atoms with Crippen molar-refractivity contribution in [3.63, 3.8) is 0 Å². The Balaban J connectivity index is 1.61. The van der Waals surface area contributed by atoms with Crippen LogP contribution in [-0.2, 0) is 9.59 Å². The lowest BCUT2D eigenvalue weighted by Gasteiger charge is -2.14. The smallest absolute Gasteiger partial charge is 0.251 e. The third kappa shape index (κ3) is 3.51. The molecule has 0 unspecified atom stereocenters. The monoisotopic (exact) mass is 322 g/mol. The molecule has 0 aliphatic carbocycles. The normalized spacial score (nSPS) is 14.1. The number of carbonyl (C=O) groups is 3. The van der Waals surface area contributed by atoms with E-state index in [0.29, 0.717) is 5.56 Å². The van der Waals surface area contributed by atoms with E-state index in [9.17, 15) is 14.4 Å². The van der Waals surface area contributed by atoms with Gasteiger partial charge in [0.25, 0.3) is 5.91 Å². The maximum absolute atomic E-state index is 12.3. The van der Waals surface area contributed by atoms with Gasteiger partial charge in [-0.05, 0) is 23.3 Å². The first-order chi connectivity index (χ1) is 11.6. The highest BCUT2D eigenvalue weighted by atomic mass is 16.2. The fourth-order valence-electron chi connectivity index (χ4n) is 2.73. The Labute approximate surface area is 140 Å². The zero-order chi connectivity index (χ0) is 16.9. The Kier molecular flexibility index (Phi) is 4.70. The van der Waals surface area contributed by atoms with E-state index in [0.717, 1.165) is 11.1 Å². The molecule has 3 amide bonds. The minimum atomic E-state index is -0.216. The van der Waals surface area contributed by atoms with E-state index >= 15 is 0 Å². The van der Waals surface area contributed by atoms with E-state index in [1.807, 2.05) is 48.5 Å². The molecule has 0 spiro atoms. The maximum atomic E-state index is 12.3. The third-order valence-corrected chi connectivity index (χ3v) is 4.01. The Hall–Kier alpha value is -2.95. The lowest BCUT2D eigenvalue weighted by molar-refractivity contribution is -0.138. The van der Waals surface area contributed by atoms with Gasteiger partial charge in [0.15, 0.2) is 0 Å². The van der Waals surface area contributed by atoms with Gasteiger partial charge < -0.3 is 5.32 Å². The summed E-state index contributed by atoms with van der Waals surface area (Å²) in [6.07, 6.45) is 0.539. The van der Waals surface area contributed by atoms with Gasteiger partial charge in [-0.3, -0.25) is 19.3 Å². The molecule has 3 rings (SSSR count). The van der Waals surface area contributed by atoms with Crippen molar-refractivity contribution in [2.75, 3.05) is 13.1 Å². The molecule has 1 fully saturated rings. The summed E-state index contributed by atoms with van der Waals surface area (Å²) >= 11 is 0. The van der Waals surface area contributed by atoms with Gasteiger partial charge in [0.2, 0.25) is 11.8 Å². The number of amides is 3. The maximum Gasteiger partial charge on any atom is 0.251 e. The first-order valence-corrected chi connectivity index (χ1v) is 7.92. The molecular weight excluding hydrogens is 304 g/mol. The average molecular weight is 322 g/mol. The molecule has 1 heterocycles. The summed E-state index contributed by atoms with van der Waals surface area (Å²) in [6, 6.07) is 17.2. The molecule has 0 saturated carbocycles. The second-order valence-corrected chi connectivity index (χ2v) is 5.64. The lowest BCUT2D eigenvalue weighted by atomic mass is 10.0. The molecule has 1 aliphatic heterocycles. The predicted octanol–water partition coefficient (Wildman–Crippen LogP) is 2.23. The zero-order valence-corrected chi connectivity index (χ0v) is 13.2. The molecule has 0 aromatic heterocycles. The Morgan fingerprint density at radius 2 is 1.58 bits per heavy atom. The van der Waals surface area contributed by atoms with Gasteiger partial charge in [0, 0.05) is 31.5 Å². The van der Waals surface area contributed by atoms with Crippen LogP contribution in [0.3, 0.4) is 0 Å². The highest BCUT2D eigenvalue weighted by molar-refractivity contribution is 6.02. The average Bonchev–Trinajstić information content (AvgIpc) is 2.94. The van der Waals surface area contributed by atoms with Crippen LogP contribution in [0.1, 0.15) is 23.2 Å². The topological polar surface area (TPSA) is 66.5 Å². The molecule has 122 valence electrons. The van der Waals surface area contributed by atoms with Crippen LogP contribution in [0.25, 0.3) is 11.1 Å². The number of imide groups is 1. The first kappa shape index (κ1) is 15.9. The zero-order valence-electron chi connectivity index (χ0n) is 13.2. The van der Waals surface area contributed by atoms with Gasteiger partial charge in [-0.25, -0.2) is 0 Å². The van der Waals surface area contributed by atoms with Crippen LogP contribution in [0.4, 0.5) is 0 Å². The van der Waals surface area contributed by atoms with Crippen LogP contribution in [0.5, 0.6) is 0 Å². The van der Waals surface area contributed by atoms with Crippen LogP contribution >= 0.6 is 0 Å². The molecule has 2 aromatic rings. The summed E-state index contributed by atoms with van der Waals surface area (Å²) in [5, 5.41) is 2.76. The van der Waals surface area contributed by atoms with Gasteiger partial charge in [-0.1, -0.05) is 42.5 Å². The standard InChI is InChI=1S/C19H18N2O3/c22-17-9-10-18(23)21(17)12-11-20-19(24)16-8-4-7-15(13-16)14-5-2-1-3-6-14/h1-8,13H,9-12H2,(H,20,24). The number of hydrogen-bond acceptors (Lipinski definition) is 3. The Bertz CT molecular complexity index is 755. The molecule has 24 heavy (non-hydrogen) atoms. The number of likely N-dealkylation sites (tertiary alicyclic amines) is 1. The molecule has 2 aromatic carbocycles. The summed E-state index contributed by atoms with van der Waals surface area (Å²) in [7, 11) is 0. The van der Waals surface area contributed by atoms with E-state index in [1.54, 1.807) is 6.07 Å². The van der Waals surface area contributed by atoms with E-state index in [1.165, 1.54) is 4.90 Å². The molecule has 1 saturated heterocycles. The molecule has 5 nitrogen and oxygen atoms in total. The van der Waals surface area contributed by atoms with E-state index in [4.69, 9.17) is 0 Å². The van der Waals surface area contributed by atoms with Crippen molar-refractivity contribution in [3.8, 4) is 11.1 Å². The number of nitrogens with zero attached hydrogens (tertiary/aromatic N) is 1.